The molecule has 0 saturated carbocycles. The number of methoxy groups -OCH3 is 2. The summed E-state index contributed by atoms with van der Waals surface area (Å²) in [5.74, 6) is -0.485. The van der Waals surface area contributed by atoms with Gasteiger partial charge in [0.15, 0.2) is 18.1 Å². The molecule has 0 radical (unpaired) electrons. The quantitative estimate of drug-likeness (QED) is 0.516. The van der Waals surface area contributed by atoms with Gasteiger partial charge in [-0.05, 0) is 23.8 Å². The number of esters is 1. The molecule has 2 N–H and O–H groups in total. The van der Waals surface area contributed by atoms with Gasteiger partial charge in [0.1, 0.15) is 0 Å². The molecule has 1 rings (SSSR count). The molecule has 8 heteroatoms. The second kappa shape index (κ2) is 9.88. The summed E-state index contributed by atoms with van der Waals surface area (Å²) in [7, 11) is 4.49. The van der Waals surface area contributed by atoms with E-state index >= 15 is 0 Å². The van der Waals surface area contributed by atoms with Gasteiger partial charge in [0, 0.05) is 13.1 Å². The standard InChI is InChI=1S/C16H20N2O6/c1-17-14(19)9-18-15(20)10-24-16(21)7-5-11-4-6-12(22-2)13(8-11)23-3/h4-8H,9-10H2,1-3H3,(H,17,19)(H,18,20)/b7-5+. The summed E-state index contributed by atoms with van der Waals surface area (Å²) >= 11 is 0. The molecule has 0 unspecified atom stereocenters. The first kappa shape index (κ1) is 19.0. The molecule has 8 nitrogen and oxygen atoms in total. The van der Waals surface area contributed by atoms with Crippen LogP contribution >= 0.6 is 0 Å². The highest BCUT2D eigenvalue weighted by Crippen LogP contribution is 2.27. The van der Waals surface area contributed by atoms with Crippen LogP contribution in [-0.4, -0.2) is 52.2 Å². The summed E-state index contributed by atoms with van der Waals surface area (Å²) in [6, 6.07) is 5.13. The Balaban J connectivity index is 2.48. The summed E-state index contributed by atoms with van der Waals surface area (Å²) in [4.78, 5) is 33.9. The van der Waals surface area contributed by atoms with Gasteiger partial charge in [0.25, 0.3) is 5.91 Å². The minimum absolute atomic E-state index is 0.172. The van der Waals surface area contributed by atoms with Gasteiger partial charge in [-0.1, -0.05) is 6.07 Å². The number of ether oxygens (including phenoxy) is 3. The fourth-order valence-electron chi connectivity index (χ4n) is 1.62. The fraction of sp³-hybridized carbons (Fsp3) is 0.312. The van der Waals surface area contributed by atoms with E-state index < -0.39 is 18.5 Å². The molecule has 0 aromatic heterocycles. The molecule has 1 aromatic carbocycles. The van der Waals surface area contributed by atoms with E-state index in [2.05, 4.69) is 10.6 Å². The first-order chi connectivity index (χ1) is 11.5. The summed E-state index contributed by atoms with van der Waals surface area (Å²) in [6.45, 7) is -0.638. The van der Waals surface area contributed by atoms with Crippen LogP contribution in [0.4, 0.5) is 0 Å². The lowest BCUT2D eigenvalue weighted by Crippen LogP contribution is -2.37. The Kier molecular flexibility index (Phi) is 7.83. The van der Waals surface area contributed by atoms with Crippen LogP contribution in [0.15, 0.2) is 24.3 Å². The molecule has 1 aromatic rings. The van der Waals surface area contributed by atoms with E-state index in [1.807, 2.05) is 0 Å². The number of hydrogen-bond donors (Lipinski definition) is 2. The third-order valence-corrected chi connectivity index (χ3v) is 2.89. The topological polar surface area (TPSA) is 103 Å². The van der Waals surface area contributed by atoms with Crippen molar-refractivity contribution in [3.8, 4) is 11.5 Å². The lowest BCUT2D eigenvalue weighted by Gasteiger charge is -2.07. The number of hydrogen-bond acceptors (Lipinski definition) is 6. The maximum Gasteiger partial charge on any atom is 0.331 e. The van der Waals surface area contributed by atoms with Crippen molar-refractivity contribution in [3.05, 3.63) is 29.8 Å². The maximum atomic E-state index is 11.6. The summed E-state index contributed by atoms with van der Waals surface area (Å²) < 4.78 is 15.0. The second-order valence-electron chi connectivity index (χ2n) is 4.51. The van der Waals surface area contributed by atoms with Crippen molar-refractivity contribution in [1.29, 1.82) is 0 Å². The summed E-state index contributed by atoms with van der Waals surface area (Å²) in [5.41, 5.74) is 0.702. The van der Waals surface area contributed by atoms with E-state index in [-0.39, 0.29) is 12.5 Å². The number of rotatable bonds is 8. The van der Waals surface area contributed by atoms with Crippen molar-refractivity contribution in [2.45, 2.75) is 0 Å². The van der Waals surface area contributed by atoms with Crippen molar-refractivity contribution < 1.29 is 28.6 Å². The Morgan fingerprint density at radius 2 is 1.79 bits per heavy atom. The Morgan fingerprint density at radius 1 is 1.08 bits per heavy atom. The van der Waals surface area contributed by atoms with Gasteiger partial charge < -0.3 is 24.8 Å². The molecule has 0 aliphatic heterocycles. The molecule has 2 amide bonds. The predicted molar refractivity (Wildman–Crippen MR) is 86.6 cm³/mol. The molecule has 0 heterocycles. The van der Waals surface area contributed by atoms with Crippen molar-refractivity contribution in [2.75, 3.05) is 34.4 Å². The summed E-state index contributed by atoms with van der Waals surface area (Å²) in [6.07, 6.45) is 2.71. The number of likely N-dealkylation sites (N-methyl/N-ethyl adjacent to an activating group) is 1. The summed E-state index contributed by atoms with van der Waals surface area (Å²) in [5, 5.41) is 4.66. The normalized spacial score (nSPS) is 10.1. The molecular weight excluding hydrogens is 316 g/mol. The zero-order valence-electron chi connectivity index (χ0n) is 13.8. The van der Waals surface area contributed by atoms with Crippen LogP contribution in [0.1, 0.15) is 5.56 Å². The number of carbonyl (C=O) groups excluding carboxylic acids is 3. The molecule has 0 aliphatic carbocycles. The smallest absolute Gasteiger partial charge is 0.331 e. The van der Waals surface area contributed by atoms with Crippen LogP contribution in [0.2, 0.25) is 0 Å². The van der Waals surface area contributed by atoms with Gasteiger partial charge in [-0.15, -0.1) is 0 Å². The van der Waals surface area contributed by atoms with Crippen molar-refractivity contribution >= 4 is 23.9 Å². The van der Waals surface area contributed by atoms with Gasteiger partial charge in [-0.3, -0.25) is 9.59 Å². The van der Waals surface area contributed by atoms with Crippen LogP contribution in [0, 0.1) is 0 Å². The van der Waals surface area contributed by atoms with Gasteiger partial charge in [0.2, 0.25) is 5.91 Å². The molecule has 0 bridgehead atoms. The Bertz CT molecular complexity index is 627. The van der Waals surface area contributed by atoms with Crippen molar-refractivity contribution in [2.24, 2.45) is 0 Å². The average molecular weight is 336 g/mol. The highest BCUT2D eigenvalue weighted by Gasteiger charge is 2.07. The van der Waals surface area contributed by atoms with Crippen LogP contribution in [0.3, 0.4) is 0 Å². The Morgan fingerprint density at radius 3 is 2.42 bits per heavy atom. The van der Waals surface area contributed by atoms with E-state index in [0.717, 1.165) is 0 Å². The molecule has 130 valence electrons. The van der Waals surface area contributed by atoms with Crippen LogP contribution < -0.4 is 20.1 Å². The van der Waals surface area contributed by atoms with Gasteiger partial charge in [0.05, 0.1) is 20.8 Å². The number of benzene rings is 1. The highest BCUT2D eigenvalue weighted by atomic mass is 16.5. The largest absolute Gasteiger partial charge is 0.493 e. The van der Waals surface area contributed by atoms with Crippen LogP contribution in [-0.2, 0) is 19.1 Å². The number of carbonyl (C=O) groups is 3. The highest BCUT2D eigenvalue weighted by molar-refractivity contribution is 5.90. The van der Waals surface area contributed by atoms with Crippen LogP contribution in [0.5, 0.6) is 11.5 Å². The van der Waals surface area contributed by atoms with Crippen LogP contribution in [0.25, 0.3) is 6.08 Å². The maximum absolute atomic E-state index is 11.6. The Hall–Kier alpha value is -3.03. The zero-order chi connectivity index (χ0) is 17.9. The molecule has 0 spiro atoms. The molecule has 0 fully saturated rings. The van der Waals surface area contributed by atoms with E-state index in [1.54, 1.807) is 18.2 Å². The van der Waals surface area contributed by atoms with Gasteiger partial charge >= 0.3 is 5.97 Å². The minimum Gasteiger partial charge on any atom is -0.493 e. The number of nitrogens with one attached hydrogen (secondary N) is 2. The van der Waals surface area contributed by atoms with E-state index in [0.29, 0.717) is 17.1 Å². The fourth-order valence-corrected chi connectivity index (χ4v) is 1.62. The molecular formula is C16H20N2O6. The van der Waals surface area contributed by atoms with Crippen molar-refractivity contribution in [3.63, 3.8) is 0 Å². The van der Waals surface area contributed by atoms with E-state index in [1.165, 1.54) is 33.4 Å². The lowest BCUT2D eigenvalue weighted by atomic mass is 10.2. The minimum atomic E-state index is -0.681. The lowest BCUT2D eigenvalue weighted by molar-refractivity contribution is -0.143. The Labute approximate surface area is 139 Å². The van der Waals surface area contributed by atoms with Gasteiger partial charge in [-0.25, -0.2) is 4.79 Å². The third-order valence-electron chi connectivity index (χ3n) is 2.89. The van der Waals surface area contributed by atoms with E-state index in [4.69, 9.17) is 14.2 Å². The zero-order valence-corrected chi connectivity index (χ0v) is 13.8. The molecule has 24 heavy (non-hydrogen) atoms. The SMILES string of the molecule is CNC(=O)CNC(=O)COC(=O)/C=C/c1ccc(OC)c(OC)c1. The molecule has 0 atom stereocenters. The molecule has 0 aliphatic rings. The van der Waals surface area contributed by atoms with Crippen molar-refractivity contribution in [1.82, 2.24) is 10.6 Å². The second-order valence-corrected chi connectivity index (χ2v) is 4.51. The molecule has 0 saturated heterocycles. The van der Waals surface area contributed by atoms with Gasteiger partial charge in [-0.2, -0.15) is 0 Å². The van der Waals surface area contributed by atoms with E-state index in [9.17, 15) is 14.4 Å². The number of amides is 2. The first-order valence-corrected chi connectivity index (χ1v) is 7.04. The average Bonchev–Trinajstić information content (AvgIpc) is 2.62. The monoisotopic (exact) mass is 336 g/mol. The third kappa shape index (κ3) is 6.39. The first-order valence-electron chi connectivity index (χ1n) is 7.04. The predicted octanol–water partition coefficient (Wildman–Crippen LogP) is 0.122.